The van der Waals surface area contributed by atoms with Crippen LogP contribution in [0, 0.1) is 6.92 Å². The number of hydrogen-bond acceptors (Lipinski definition) is 2. The van der Waals surface area contributed by atoms with Crippen LogP contribution in [0.4, 0.5) is 0 Å². The van der Waals surface area contributed by atoms with Gasteiger partial charge >= 0.3 is 0 Å². The molecule has 0 atom stereocenters. The Bertz CT molecular complexity index is 620. The van der Waals surface area contributed by atoms with Gasteiger partial charge in [-0.1, -0.05) is 37.3 Å². The van der Waals surface area contributed by atoms with E-state index in [2.05, 4.69) is 5.32 Å². The van der Waals surface area contributed by atoms with Crippen LogP contribution in [-0.4, -0.2) is 11.0 Å². The van der Waals surface area contributed by atoms with Crippen molar-refractivity contribution in [2.45, 2.75) is 26.8 Å². The summed E-state index contributed by atoms with van der Waals surface area (Å²) in [5.41, 5.74) is 3.58. The minimum absolute atomic E-state index is 0.0180. The predicted octanol–water partition coefficient (Wildman–Crippen LogP) is 3.19. The maximum Gasteiger partial charge on any atom is 0.255 e. The van der Waals surface area contributed by atoms with Gasteiger partial charge in [-0.25, -0.2) is 0 Å². The summed E-state index contributed by atoms with van der Waals surface area (Å²) in [7, 11) is 0. The average Bonchev–Trinajstić information content (AvgIpc) is 2.46. The maximum atomic E-state index is 12.1. The third-order valence-corrected chi connectivity index (χ3v) is 3.41. The average molecular weight is 269 g/mol. The fraction of sp³-hybridized carbons (Fsp3) is 0.235. The van der Waals surface area contributed by atoms with Gasteiger partial charge in [-0.05, 0) is 42.2 Å². The summed E-state index contributed by atoms with van der Waals surface area (Å²) >= 11 is 0. The zero-order chi connectivity index (χ0) is 14.5. The van der Waals surface area contributed by atoms with Crippen molar-refractivity contribution in [1.82, 2.24) is 5.32 Å². The van der Waals surface area contributed by atoms with Crippen molar-refractivity contribution in [3.63, 3.8) is 0 Å². The van der Waals surface area contributed by atoms with E-state index >= 15 is 0 Å². The monoisotopic (exact) mass is 269 g/mol. The molecule has 0 unspecified atom stereocenters. The van der Waals surface area contributed by atoms with Crippen LogP contribution in [0.5, 0.6) is 5.75 Å². The Kier molecular flexibility index (Phi) is 4.41. The van der Waals surface area contributed by atoms with E-state index in [1.165, 1.54) is 0 Å². The number of rotatable bonds is 4. The Hall–Kier alpha value is -2.29. The highest BCUT2D eigenvalue weighted by molar-refractivity contribution is 5.96. The highest BCUT2D eigenvalue weighted by Gasteiger charge is 2.11. The van der Waals surface area contributed by atoms with Crippen LogP contribution < -0.4 is 5.32 Å². The van der Waals surface area contributed by atoms with Crippen LogP contribution >= 0.6 is 0 Å². The summed E-state index contributed by atoms with van der Waals surface area (Å²) in [4.78, 5) is 12.1. The third kappa shape index (κ3) is 3.18. The molecule has 0 radical (unpaired) electrons. The number of phenols is 1. The molecule has 3 heteroatoms. The Morgan fingerprint density at radius 3 is 2.65 bits per heavy atom. The number of carbonyl (C=O) groups excluding carboxylic acids is 1. The second kappa shape index (κ2) is 6.24. The molecule has 0 aromatic heterocycles. The van der Waals surface area contributed by atoms with Gasteiger partial charge in [-0.15, -0.1) is 0 Å². The minimum Gasteiger partial charge on any atom is -0.507 e. The molecule has 2 aromatic rings. The van der Waals surface area contributed by atoms with Gasteiger partial charge in [0.25, 0.3) is 5.91 Å². The number of carbonyl (C=O) groups is 1. The molecule has 2 aromatic carbocycles. The lowest BCUT2D eigenvalue weighted by atomic mass is 10.1. The van der Waals surface area contributed by atoms with Gasteiger partial charge in [-0.3, -0.25) is 4.79 Å². The van der Waals surface area contributed by atoms with Crippen LogP contribution in [0.2, 0.25) is 0 Å². The SMILES string of the molecule is CCc1ccc(O)c(C(=O)NCc2ccccc2C)c1. The zero-order valence-corrected chi connectivity index (χ0v) is 11.8. The first-order chi connectivity index (χ1) is 9.61. The lowest BCUT2D eigenvalue weighted by Crippen LogP contribution is -2.23. The van der Waals surface area contributed by atoms with Crippen LogP contribution in [0.25, 0.3) is 0 Å². The first-order valence-corrected chi connectivity index (χ1v) is 6.76. The molecule has 104 valence electrons. The summed E-state index contributed by atoms with van der Waals surface area (Å²) in [6, 6.07) is 13.0. The Labute approximate surface area is 119 Å². The maximum absolute atomic E-state index is 12.1. The Morgan fingerprint density at radius 2 is 1.95 bits per heavy atom. The zero-order valence-electron chi connectivity index (χ0n) is 11.8. The molecule has 20 heavy (non-hydrogen) atoms. The summed E-state index contributed by atoms with van der Waals surface area (Å²) in [6.07, 6.45) is 0.832. The van der Waals surface area contributed by atoms with Crippen LogP contribution in [0.3, 0.4) is 0 Å². The molecule has 0 bridgehead atoms. The molecule has 0 saturated heterocycles. The van der Waals surface area contributed by atoms with Gasteiger partial charge in [0.15, 0.2) is 0 Å². The summed E-state index contributed by atoms with van der Waals surface area (Å²) < 4.78 is 0. The van der Waals surface area contributed by atoms with Crippen LogP contribution in [0.15, 0.2) is 42.5 Å². The van der Waals surface area contributed by atoms with E-state index in [4.69, 9.17) is 0 Å². The van der Waals surface area contributed by atoms with Gasteiger partial charge in [-0.2, -0.15) is 0 Å². The standard InChI is InChI=1S/C17H19NO2/c1-3-13-8-9-16(19)15(10-13)17(20)18-11-14-7-5-4-6-12(14)2/h4-10,19H,3,11H2,1-2H3,(H,18,20). The third-order valence-electron chi connectivity index (χ3n) is 3.41. The highest BCUT2D eigenvalue weighted by atomic mass is 16.3. The highest BCUT2D eigenvalue weighted by Crippen LogP contribution is 2.19. The minimum atomic E-state index is -0.249. The number of amides is 1. The molecule has 2 N–H and O–H groups in total. The van der Waals surface area contributed by atoms with E-state index in [1.807, 2.05) is 44.2 Å². The number of nitrogens with one attached hydrogen (secondary N) is 1. The summed E-state index contributed by atoms with van der Waals surface area (Å²) in [6.45, 7) is 4.49. The number of benzene rings is 2. The van der Waals surface area contributed by atoms with Crippen LogP contribution in [0.1, 0.15) is 34.0 Å². The van der Waals surface area contributed by atoms with E-state index in [-0.39, 0.29) is 11.7 Å². The fourth-order valence-electron chi connectivity index (χ4n) is 2.06. The van der Waals surface area contributed by atoms with E-state index in [9.17, 15) is 9.90 Å². The van der Waals surface area contributed by atoms with Crippen LogP contribution in [-0.2, 0) is 13.0 Å². The van der Waals surface area contributed by atoms with Gasteiger partial charge < -0.3 is 10.4 Å². The number of hydrogen-bond donors (Lipinski definition) is 2. The number of aryl methyl sites for hydroxylation is 2. The van der Waals surface area contributed by atoms with E-state index in [0.717, 1.165) is 23.1 Å². The molecule has 1 amide bonds. The van der Waals surface area contributed by atoms with Gasteiger partial charge in [0.05, 0.1) is 5.56 Å². The van der Waals surface area contributed by atoms with Crippen molar-refractivity contribution < 1.29 is 9.90 Å². The van der Waals surface area contributed by atoms with Crippen molar-refractivity contribution in [2.75, 3.05) is 0 Å². The largest absolute Gasteiger partial charge is 0.507 e. The van der Waals surface area contributed by atoms with E-state index in [0.29, 0.717) is 12.1 Å². The lowest BCUT2D eigenvalue weighted by molar-refractivity contribution is 0.0948. The second-order valence-corrected chi connectivity index (χ2v) is 4.81. The molecular weight excluding hydrogens is 250 g/mol. The topological polar surface area (TPSA) is 49.3 Å². The van der Waals surface area contributed by atoms with Crippen molar-refractivity contribution >= 4 is 5.91 Å². The molecule has 0 heterocycles. The molecule has 0 aliphatic rings. The Morgan fingerprint density at radius 1 is 1.20 bits per heavy atom. The predicted molar refractivity (Wildman–Crippen MR) is 79.8 cm³/mol. The first-order valence-electron chi connectivity index (χ1n) is 6.76. The van der Waals surface area contributed by atoms with Crippen molar-refractivity contribution in [3.8, 4) is 5.75 Å². The van der Waals surface area contributed by atoms with Gasteiger partial charge in [0.2, 0.25) is 0 Å². The molecule has 0 aliphatic carbocycles. The van der Waals surface area contributed by atoms with Gasteiger partial charge in [0, 0.05) is 6.54 Å². The summed E-state index contributed by atoms with van der Waals surface area (Å²) in [5.74, 6) is -0.231. The molecule has 2 rings (SSSR count). The number of aromatic hydroxyl groups is 1. The molecule has 0 saturated carbocycles. The second-order valence-electron chi connectivity index (χ2n) is 4.81. The smallest absolute Gasteiger partial charge is 0.255 e. The van der Waals surface area contributed by atoms with E-state index < -0.39 is 0 Å². The molecule has 3 nitrogen and oxygen atoms in total. The summed E-state index contributed by atoms with van der Waals surface area (Å²) in [5, 5.41) is 12.6. The molecule has 0 fully saturated rings. The molecule has 0 spiro atoms. The molecule has 0 aliphatic heterocycles. The lowest BCUT2D eigenvalue weighted by Gasteiger charge is -2.10. The van der Waals surface area contributed by atoms with Crippen molar-refractivity contribution in [1.29, 1.82) is 0 Å². The molecular formula is C17H19NO2. The quantitative estimate of drug-likeness (QED) is 0.895. The van der Waals surface area contributed by atoms with Crippen molar-refractivity contribution in [2.24, 2.45) is 0 Å². The van der Waals surface area contributed by atoms with Gasteiger partial charge in [0.1, 0.15) is 5.75 Å². The number of phenolic OH excluding ortho intramolecular Hbond substituents is 1. The first kappa shape index (κ1) is 14.1. The normalized spacial score (nSPS) is 10.3. The van der Waals surface area contributed by atoms with E-state index in [1.54, 1.807) is 12.1 Å². The fourth-order valence-corrected chi connectivity index (χ4v) is 2.06. The van der Waals surface area contributed by atoms with Crippen molar-refractivity contribution in [3.05, 3.63) is 64.7 Å². The Balaban J connectivity index is 2.11.